The minimum absolute atomic E-state index is 0.0371. The molecule has 0 saturated carbocycles. The van der Waals surface area contributed by atoms with E-state index in [2.05, 4.69) is 15.6 Å². The fourth-order valence-electron chi connectivity index (χ4n) is 5.80. The summed E-state index contributed by atoms with van der Waals surface area (Å²) < 4.78 is 0. The van der Waals surface area contributed by atoms with E-state index in [4.69, 9.17) is 4.98 Å². The van der Waals surface area contributed by atoms with Gasteiger partial charge in [-0.05, 0) is 36.4 Å². The summed E-state index contributed by atoms with van der Waals surface area (Å²) in [6.45, 7) is 2.55. The zero-order chi connectivity index (χ0) is 24.9. The number of benzene rings is 2. The number of likely N-dealkylation sites (tertiary alicyclic amines) is 2. The Morgan fingerprint density at radius 2 is 1.24 bits per heavy atom. The maximum absolute atomic E-state index is 13.4. The van der Waals surface area contributed by atoms with Gasteiger partial charge in [-0.15, -0.1) is 0 Å². The lowest BCUT2D eigenvalue weighted by molar-refractivity contribution is 0.0732. The lowest BCUT2D eigenvalue weighted by Gasteiger charge is -2.22. The van der Waals surface area contributed by atoms with Crippen molar-refractivity contribution >= 4 is 34.1 Å². The first-order valence-corrected chi connectivity index (χ1v) is 12.7. The van der Waals surface area contributed by atoms with Gasteiger partial charge in [0.05, 0.1) is 22.6 Å². The van der Waals surface area contributed by atoms with Crippen LogP contribution in [0.4, 0.5) is 11.4 Å². The Morgan fingerprint density at radius 3 is 1.92 bits per heavy atom. The molecule has 3 aliphatic heterocycles. The number of carbonyl (C=O) groups is 2. The van der Waals surface area contributed by atoms with E-state index in [1.165, 1.54) is 0 Å². The van der Waals surface area contributed by atoms with Crippen molar-refractivity contribution in [1.82, 2.24) is 19.8 Å². The molecule has 37 heavy (non-hydrogen) atoms. The van der Waals surface area contributed by atoms with Crippen LogP contribution in [0.3, 0.4) is 0 Å². The Balaban J connectivity index is 1.01. The molecule has 0 bridgehead atoms. The van der Waals surface area contributed by atoms with E-state index < -0.39 is 0 Å². The van der Waals surface area contributed by atoms with Crippen molar-refractivity contribution in [3.05, 3.63) is 95.9 Å². The van der Waals surface area contributed by atoms with Gasteiger partial charge in [-0.1, -0.05) is 42.5 Å². The fourth-order valence-corrected chi connectivity index (χ4v) is 5.80. The number of nitrogens with one attached hydrogen (secondary N) is 2. The molecule has 2 saturated heterocycles. The van der Waals surface area contributed by atoms with E-state index in [1.54, 1.807) is 12.1 Å². The second-order valence-corrected chi connectivity index (χ2v) is 10.0. The van der Waals surface area contributed by atoms with Gasteiger partial charge >= 0.3 is 0 Å². The van der Waals surface area contributed by atoms with Crippen LogP contribution in [0.1, 0.15) is 32.8 Å². The number of pyridine rings is 2. The summed E-state index contributed by atoms with van der Waals surface area (Å²) in [5.74, 6) is 0.444. The first-order chi connectivity index (χ1) is 18.1. The molecule has 2 amide bonds. The van der Waals surface area contributed by atoms with E-state index in [0.29, 0.717) is 37.6 Å². The van der Waals surface area contributed by atoms with Gasteiger partial charge in [0, 0.05) is 43.4 Å². The molecular formula is C29H26N6O2. The van der Waals surface area contributed by atoms with E-state index in [1.807, 2.05) is 76.5 Å². The number of carbonyl (C=O) groups excluding carboxylic acids is 2. The second-order valence-electron chi connectivity index (χ2n) is 10.0. The van der Waals surface area contributed by atoms with Gasteiger partial charge in [0.2, 0.25) is 0 Å². The van der Waals surface area contributed by atoms with E-state index in [9.17, 15) is 9.59 Å². The maximum atomic E-state index is 13.4. The van der Waals surface area contributed by atoms with Gasteiger partial charge in [0.25, 0.3) is 11.8 Å². The van der Waals surface area contributed by atoms with Crippen molar-refractivity contribution in [3.63, 3.8) is 0 Å². The average Bonchev–Trinajstić information content (AvgIpc) is 3.65. The van der Waals surface area contributed by atoms with Crippen LogP contribution in [-0.4, -0.2) is 57.8 Å². The highest BCUT2D eigenvalue weighted by molar-refractivity contribution is 5.95. The Morgan fingerprint density at radius 1 is 0.649 bits per heavy atom. The van der Waals surface area contributed by atoms with Crippen molar-refractivity contribution in [2.24, 2.45) is 11.8 Å². The van der Waals surface area contributed by atoms with Crippen LogP contribution in [0.15, 0.2) is 78.9 Å². The molecule has 0 spiro atoms. The highest BCUT2D eigenvalue weighted by Crippen LogP contribution is 2.35. The molecule has 8 nitrogen and oxygen atoms in total. The molecular weight excluding hydrogens is 464 g/mol. The predicted molar refractivity (Wildman–Crippen MR) is 141 cm³/mol. The highest BCUT2D eigenvalue weighted by Gasteiger charge is 2.43. The molecule has 0 radical (unpaired) electrons. The van der Waals surface area contributed by atoms with Gasteiger partial charge in [0.15, 0.2) is 0 Å². The maximum Gasteiger partial charge on any atom is 0.272 e. The third kappa shape index (κ3) is 3.85. The summed E-state index contributed by atoms with van der Waals surface area (Å²) in [5, 5.41) is 7.85. The number of fused-ring (bicyclic) bond motifs is 3. The van der Waals surface area contributed by atoms with Gasteiger partial charge < -0.3 is 20.4 Å². The van der Waals surface area contributed by atoms with Crippen molar-refractivity contribution in [2.45, 2.75) is 6.17 Å². The summed E-state index contributed by atoms with van der Waals surface area (Å²) in [6, 6.07) is 25.2. The molecule has 8 heteroatoms. The fraction of sp³-hybridized carbons (Fsp3) is 0.241. The number of hydrogen-bond donors (Lipinski definition) is 2. The topological polar surface area (TPSA) is 90.5 Å². The number of amides is 2. The van der Waals surface area contributed by atoms with Gasteiger partial charge in [0.1, 0.15) is 17.6 Å². The molecule has 2 atom stereocenters. The van der Waals surface area contributed by atoms with Crippen LogP contribution in [0.5, 0.6) is 0 Å². The SMILES string of the molecule is O=C(c1cccc(C2Nc3ccccc3N2)n1)N1CC2CN(C(=O)c3ccc4ccccc4n3)CC2C1. The third-order valence-corrected chi connectivity index (χ3v) is 7.69. The number of aromatic nitrogens is 2. The highest BCUT2D eigenvalue weighted by atomic mass is 16.2. The summed E-state index contributed by atoms with van der Waals surface area (Å²) in [4.78, 5) is 39.6. The lowest BCUT2D eigenvalue weighted by Crippen LogP contribution is -2.36. The van der Waals surface area contributed by atoms with Crippen LogP contribution in [0.2, 0.25) is 0 Å². The normalized spacial score (nSPS) is 20.4. The monoisotopic (exact) mass is 490 g/mol. The number of anilines is 2. The molecule has 3 aliphatic rings. The Hall–Kier alpha value is -4.46. The predicted octanol–water partition coefficient (Wildman–Crippen LogP) is 4.01. The lowest BCUT2D eigenvalue weighted by atomic mass is 10.0. The molecule has 5 heterocycles. The van der Waals surface area contributed by atoms with Crippen molar-refractivity contribution in [3.8, 4) is 0 Å². The van der Waals surface area contributed by atoms with E-state index in [0.717, 1.165) is 28.0 Å². The van der Waals surface area contributed by atoms with Crippen LogP contribution in [-0.2, 0) is 0 Å². The molecule has 0 aliphatic carbocycles. The number of hydrogen-bond acceptors (Lipinski definition) is 6. The number of rotatable bonds is 3. The zero-order valence-electron chi connectivity index (χ0n) is 20.2. The minimum atomic E-state index is -0.175. The molecule has 2 aromatic heterocycles. The molecule has 4 aromatic rings. The third-order valence-electron chi connectivity index (χ3n) is 7.69. The van der Waals surface area contributed by atoms with Crippen LogP contribution < -0.4 is 10.6 Å². The summed E-state index contributed by atoms with van der Waals surface area (Å²) >= 11 is 0. The van der Waals surface area contributed by atoms with Gasteiger partial charge in [-0.25, -0.2) is 9.97 Å². The smallest absolute Gasteiger partial charge is 0.272 e. The molecule has 2 fully saturated rings. The van der Waals surface area contributed by atoms with E-state index in [-0.39, 0.29) is 29.8 Å². The Labute approximate surface area is 214 Å². The first-order valence-electron chi connectivity index (χ1n) is 12.7. The van der Waals surface area contributed by atoms with Crippen molar-refractivity contribution in [1.29, 1.82) is 0 Å². The molecule has 2 N–H and O–H groups in total. The second kappa shape index (κ2) is 8.58. The number of para-hydroxylation sites is 3. The van der Waals surface area contributed by atoms with Crippen LogP contribution >= 0.6 is 0 Å². The largest absolute Gasteiger partial charge is 0.359 e. The standard InChI is InChI=1S/C29H26N6O2/c36-28(25-11-5-10-24(31-25)27-32-22-8-3-4-9-23(22)33-27)34-14-19-16-35(17-20(19)15-34)29(37)26-13-12-18-6-1-2-7-21(18)30-26/h1-13,19-20,27,32-33H,14-17H2. The average molecular weight is 491 g/mol. The Bertz CT molecular complexity index is 1500. The zero-order valence-corrected chi connectivity index (χ0v) is 20.2. The van der Waals surface area contributed by atoms with Gasteiger partial charge in [-0.2, -0.15) is 0 Å². The van der Waals surface area contributed by atoms with Crippen LogP contribution in [0, 0.1) is 11.8 Å². The minimum Gasteiger partial charge on any atom is -0.359 e. The number of nitrogens with zero attached hydrogens (tertiary/aromatic N) is 4. The van der Waals surface area contributed by atoms with Crippen molar-refractivity contribution in [2.75, 3.05) is 36.8 Å². The summed E-state index contributed by atoms with van der Waals surface area (Å²) in [6.07, 6.45) is -0.175. The summed E-state index contributed by atoms with van der Waals surface area (Å²) in [7, 11) is 0. The molecule has 2 unspecified atom stereocenters. The quantitative estimate of drug-likeness (QED) is 0.451. The molecule has 2 aromatic carbocycles. The van der Waals surface area contributed by atoms with Crippen molar-refractivity contribution < 1.29 is 9.59 Å². The first kappa shape index (κ1) is 21.8. The van der Waals surface area contributed by atoms with Gasteiger partial charge in [-0.3, -0.25) is 9.59 Å². The summed E-state index contributed by atoms with van der Waals surface area (Å²) in [5.41, 5.74) is 4.58. The van der Waals surface area contributed by atoms with Crippen LogP contribution in [0.25, 0.3) is 10.9 Å². The van der Waals surface area contributed by atoms with E-state index >= 15 is 0 Å². The molecule has 184 valence electrons. The Kier molecular flexibility index (Phi) is 5.06. The molecule has 7 rings (SSSR count).